The van der Waals surface area contributed by atoms with Gasteiger partial charge in [-0.15, -0.1) is 0 Å². The minimum atomic E-state index is 0.512. The fourth-order valence-corrected chi connectivity index (χ4v) is 1.81. The van der Waals surface area contributed by atoms with Crippen LogP contribution in [0.15, 0.2) is 16.6 Å². The monoisotopic (exact) mass is 259 g/mol. The van der Waals surface area contributed by atoms with Gasteiger partial charge in [0, 0.05) is 12.1 Å². The molecule has 0 heterocycles. The molecule has 0 unspecified atom stereocenters. The van der Waals surface area contributed by atoms with Crippen LogP contribution in [0.5, 0.6) is 11.5 Å². The Balaban J connectivity index is 2.96. The molecule has 0 aliphatic carbocycles. The van der Waals surface area contributed by atoms with Gasteiger partial charge in [0.2, 0.25) is 0 Å². The van der Waals surface area contributed by atoms with Crippen LogP contribution in [0.3, 0.4) is 0 Å². The normalized spacial score (nSPS) is 10.0. The summed E-state index contributed by atoms with van der Waals surface area (Å²) in [5, 5.41) is 0. The van der Waals surface area contributed by atoms with Crippen LogP contribution < -0.4 is 15.2 Å². The molecule has 1 rings (SSSR count). The average Bonchev–Trinajstić information content (AvgIpc) is 2.18. The fourth-order valence-electron chi connectivity index (χ4n) is 1.22. The minimum Gasteiger partial charge on any atom is -0.495 e. The van der Waals surface area contributed by atoms with Crippen molar-refractivity contribution >= 4 is 15.9 Å². The van der Waals surface area contributed by atoms with Gasteiger partial charge in [-0.2, -0.15) is 0 Å². The number of hydrogen-bond acceptors (Lipinski definition) is 3. The Labute approximate surface area is 92.3 Å². The molecule has 14 heavy (non-hydrogen) atoms. The summed E-state index contributed by atoms with van der Waals surface area (Å²) in [5.41, 5.74) is 6.34. The van der Waals surface area contributed by atoms with Crippen molar-refractivity contribution in [1.29, 1.82) is 0 Å². The van der Waals surface area contributed by atoms with E-state index in [1.165, 1.54) is 0 Å². The van der Waals surface area contributed by atoms with Crippen molar-refractivity contribution in [3.8, 4) is 11.5 Å². The molecule has 0 radical (unpaired) electrons. The Morgan fingerprint density at radius 3 is 2.71 bits per heavy atom. The number of hydrogen-bond donors (Lipinski definition) is 1. The van der Waals surface area contributed by atoms with Crippen LogP contribution in [0.1, 0.15) is 5.56 Å². The Hall–Kier alpha value is -0.740. The van der Waals surface area contributed by atoms with E-state index in [0.717, 1.165) is 21.5 Å². The quantitative estimate of drug-likeness (QED) is 0.901. The molecule has 0 saturated heterocycles. The highest BCUT2D eigenvalue weighted by molar-refractivity contribution is 9.10. The van der Waals surface area contributed by atoms with Crippen molar-refractivity contribution in [2.75, 3.05) is 20.3 Å². The van der Waals surface area contributed by atoms with Gasteiger partial charge in [0.1, 0.15) is 18.1 Å². The van der Waals surface area contributed by atoms with Gasteiger partial charge >= 0.3 is 0 Å². The van der Waals surface area contributed by atoms with Gasteiger partial charge in [-0.3, -0.25) is 0 Å². The highest BCUT2D eigenvalue weighted by Gasteiger charge is 2.09. The van der Waals surface area contributed by atoms with E-state index >= 15 is 0 Å². The van der Waals surface area contributed by atoms with Crippen LogP contribution in [0.2, 0.25) is 0 Å². The lowest BCUT2D eigenvalue weighted by atomic mass is 10.2. The van der Waals surface area contributed by atoms with Crippen molar-refractivity contribution in [3.05, 3.63) is 22.2 Å². The van der Waals surface area contributed by atoms with Gasteiger partial charge < -0.3 is 15.2 Å². The summed E-state index contributed by atoms with van der Waals surface area (Å²) in [6.07, 6.45) is 0. The molecule has 0 saturated carbocycles. The van der Waals surface area contributed by atoms with Crippen LogP contribution in [-0.4, -0.2) is 20.3 Å². The van der Waals surface area contributed by atoms with Gasteiger partial charge in [0.05, 0.1) is 11.6 Å². The molecule has 0 amide bonds. The molecule has 2 N–H and O–H groups in total. The summed E-state index contributed by atoms with van der Waals surface area (Å²) >= 11 is 3.40. The molecule has 78 valence electrons. The van der Waals surface area contributed by atoms with E-state index in [1.54, 1.807) is 7.11 Å². The van der Waals surface area contributed by atoms with E-state index in [9.17, 15) is 0 Å². The van der Waals surface area contributed by atoms with Crippen LogP contribution >= 0.6 is 15.9 Å². The smallest absolute Gasteiger partial charge is 0.139 e. The van der Waals surface area contributed by atoms with E-state index < -0.39 is 0 Å². The number of halogens is 1. The van der Waals surface area contributed by atoms with Crippen molar-refractivity contribution in [1.82, 2.24) is 0 Å². The molecule has 0 aliphatic heterocycles. The minimum absolute atomic E-state index is 0.512. The first kappa shape index (κ1) is 11.3. The van der Waals surface area contributed by atoms with Gasteiger partial charge in [-0.25, -0.2) is 0 Å². The zero-order valence-corrected chi connectivity index (χ0v) is 9.93. The van der Waals surface area contributed by atoms with E-state index in [1.807, 2.05) is 19.1 Å². The van der Waals surface area contributed by atoms with Gasteiger partial charge in [0.15, 0.2) is 0 Å². The van der Waals surface area contributed by atoms with E-state index in [-0.39, 0.29) is 0 Å². The maximum atomic E-state index is 5.46. The highest BCUT2D eigenvalue weighted by Crippen LogP contribution is 2.34. The lowest BCUT2D eigenvalue weighted by Crippen LogP contribution is -2.11. The third-order valence-corrected chi connectivity index (χ3v) is 2.51. The molecule has 1 aromatic rings. The molecule has 0 spiro atoms. The molecule has 0 fully saturated rings. The number of nitrogens with two attached hydrogens (primary N) is 1. The van der Waals surface area contributed by atoms with E-state index in [0.29, 0.717) is 13.2 Å². The Morgan fingerprint density at radius 2 is 2.14 bits per heavy atom. The van der Waals surface area contributed by atoms with E-state index in [2.05, 4.69) is 15.9 Å². The SMILES string of the molecule is COc1c(Br)ccc(OCCN)c1C. The van der Waals surface area contributed by atoms with Gasteiger partial charge in [-0.1, -0.05) is 0 Å². The van der Waals surface area contributed by atoms with Crippen molar-refractivity contribution in [2.24, 2.45) is 5.73 Å². The predicted octanol–water partition coefficient (Wildman–Crippen LogP) is 2.10. The summed E-state index contributed by atoms with van der Waals surface area (Å²) in [5.74, 6) is 1.62. The molecular weight excluding hydrogens is 246 g/mol. The second-order valence-corrected chi connectivity index (χ2v) is 3.70. The lowest BCUT2D eigenvalue weighted by Gasteiger charge is -2.12. The first-order chi connectivity index (χ1) is 6.70. The van der Waals surface area contributed by atoms with Crippen LogP contribution in [0.25, 0.3) is 0 Å². The highest BCUT2D eigenvalue weighted by atomic mass is 79.9. The molecule has 0 aromatic heterocycles. The second kappa shape index (κ2) is 5.22. The zero-order chi connectivity index (χ0) is 10.6. The third kappa shape index (κ3) is 2.39. The first-order valence-corrected chi connectivity index (χ1v) is 5.16. The summed E-state index contributed by atoms with van der Waals surface area (Å²) < 4.78 is 11.6. The van der Waals surface area contributed by atoms with Crippen molar-refractivity contribution < 1.29 is 9.47 Å². The molecule has 1 aromatic carbocycles. The lowest BCUT2D eigenvalue weighted by molar-refractivity contribution is 0.321. The largest absolute Gasteiger partial charge is 0.495 e. The molecule has 0 bridgehead atoms. The van der Waals surface area contributed by atoms with E-state index in [4.69, 9.17) is 15.2 Å². The summed E-state index contributed by atoms with van der Waals surface area (Å²) in [6, 6.07) is 3.80. The molecular formula is C10H14BrNO2. The Kier molecular flexibility index (Phi) is 4.22. The number of benzene rings is 1. The summed E-state index contributed by atoms with van der Waals surface area (Å²) in [6.45, 7) is 2.99. The predicted molar refractivity (Wildman–Crippen MR) is 60.0 cm³/mol. The number of ether oxygens (including phenoxy) is 2. The zero-order valence-electron chi connectivity index (χ0n) is 8.34. The van der Waals surface area contributed by atoms with Gasteiger partial charge in [-0.05, 0) is 35.0 Å². The Morgan fingerprint density at radius 1 is 1.43 bits per heavy atom. The van der Waals surface area contributed by atoms with Crippen LogP contribution in [0.4, 0.5) is 0 Å². The van der Waals surface area contributed by atoms with Crippen LogP contribution in [0, 0.1) is 6.92 Å². The van der Waals surface area contributed by atoms with Crippen molar-refractivity contribution in [3.63, 3.8) is 0 Å². The average molecular weight is 260 g/mol. The van der Waals surface area contributed by atoms with Gasteiger partial charge in [0.25, 0.3) is 0 Å². The maximum Gasteiger partial charge on any atom is 0.139 e. The third-order valence-electron chi connectivity index (χ3n) is 1.89. The maximum absolute atomic E-state index is 5.46. The second-order valence-electron chi connectivity index (χ2n) is 2.84. The first-order valence-electron chi connectivity index (χ1n) is 4.36. The summed E-state index contributed by atoms with van der Waals surface area (Å²) in [4.78, 5) is 0. The molecule has 0 aliphatic rings. The number of rotatable bonds is 4. The summed E-state index contributed by atoms with van der Waals surface area (Å²) in [7, 11) is 1.64. The molecule has 3 nitrogen and oxygen atoms in total. The van der Waals surface area contributed by atoms with Crippen molar-refractivity contribution in [2.45, 2.75) is 6.92 Å². The molecule has 0 atom stereocenters. The number of methoxy groups -OCH3 is 1. The molecule has 4 heteroatoms. The standard InChI is InChI=1S/C10H14BrNO2/c1-7-9(14-6-5-12)4-3-8(11)10(7)13-2/h3-4H,5-6,12H2,1-2H3. The van der Waals surface area contributed by atoms with Crippen LogP contribution in [-0.2, 0) is 0 Å². The topological polar surface area (TPSA) is 44.5 Å². The fraction of sp³-hybridized carbons (Fsp3) is 0.400. The Bertz CT molecular complexity index is 315.